The van der Waals surface area contributed by atoms with Crippen LogP contribution in [0.1, 0.15) is 17.0 Å². The number of halogens is 1. The van der Waals surface area contributed by atoms with Crippen molar-refractivity contribution in [2.24, 2.45) is 0 Å². The molecule has 0 saturated carbocycles. The van der Waals surface area contributed by atoms with E-state index >= 15 is 0 Å². The topological polar surface area (TPSA) is 34.1 Å². The molecule has 0 spiro atoms. The van der Waals surface area contributed by atoms with E-state index in [1.165, 1.54) is 12.1 Å². The molecule has 0 aliphatic carbocycles. The molecule has 1 aromatic heterocycles. The maximum atomic E-state index is 12.8. The Labute approximate surface area is 112 Å². The largest absolute Gasteiger partial charge is 0.497 e. The summed E-state index contributed by atoms with van der Waals surface area (Å²) < 4.78 is 18.0. The molecule has 2 rings (SSSR count). The average Bonchev–Trinajstić information content (AvgIpc) is 2.40. The molecule has 100 valence electrons. The van der Waals surface area contributed by atoms with Gasteiger partial charge in [-0.25, -0.2) is 4.39 Å². The van der Waals surface area contributed by atoms with Gasteiger partial charge in [0.15, 0.2) is 0 Å². The number of hydrogen-bond donors (Lipinski definition) is 1. The van der Waals surface area contributed by atoms with Crippen molar-refractivity contribution in [2.45, 2.75) is 20.0 Å². The SMILES string of the molecule is COc1cc(C)nc(CNCc2ccc(F)cc2)c1. The highest BCUT2D eigenvalue weighted by Crippen LogP contribution is 2.13. The molecule has 0 aliphatic rings. The zero-order chi connectivity index (χ0) is 13.7. The number of methoxy groups -OCH3 is 1. The molecule has 0 aliphatic heterocycles. The summed E-state index contributed by atoms with van der Waals surface area (Å²) in [6.07, 6.45) is 0. The number of benzene rings is 1. The van der Waals surface area contributed by atoms with Crippen LogP contribution in [0, 0.1) is 12.7 Å². The number of nitrogens with zero attached hydrogens (tertiary/aromatic N) is 1. The summed E-state index contributed by atoms with van der Waals surface area (Å²) in [4.78, 5) is 4.42. The lowest BCUT2D eigenvalue weighted by molar-refractivity contribution is 0.412. The number of ether oxygens (including phenoxy) is 1. The van der Waals surface area contributed by atoms with Crippen LogP contribution in [0.25, 0.3) is 0 Å². The van der Waals surface area contributed by atoms with Crippen LogP contribution >= 0.6 is 0 Å². The van der Waals surface area contributed by atoms with Crippen LogP contribution in [0.4, 0.5) is 4.39 Å². The van der Waals surface area contributed by atoms with E-state index in [4.69, 9.17) is 4.74 Å². The number of pyridine rings is 1. The number of aromatic nitrogens is 1. The van der Waals surface area contributed by atoms with Crippen LogP contribution < -0.4 is 10.1 Å². The van der Waals surface area contributed by atoms with Crippen LogP contribution in [0.5, 0.6) is 5.75 Å². The fourth-order valence-corrected chi connectivity index (χ4v) is 1.85. The second-order valence-electron chi connectivity index (χ2n) is 4.37. The Morgan fingerprint density at radius 1 is 1.16 bits per heavy atom. The molecule has 4 heteroatoms. The van der Waals surface area contributed by atoms with Gasteiger partial charge in [0.1, 0.15) is 11.6 Å². The van der Waals surface area contributed by atoms with Gasteiger partial charge in [-0.1, -0.05) is 12.1 Å². The summed E-state index contributed by atoms with van der Waals surface area (Å²) >= 11 is 0. The molecule has 1 heterocycles. The van der Waals surface area contributed by atoms with Crippen molar-refractivity contribution in [1.82, 2.24) is 10.3 Å². The summed E-state index contributed by atoms with van der Waals surface area (Å²) in [5.74, 6) is 0.597. The number of hydrogen-bond acceptors (Lipinski definition) is 3. The molecule has 0 saturated heterocycles. The van der Waals surface area contributed by atoms with Gasteiger partial charge in [-0.15, -0.1) is 0 Å². The molecule has 0 bridgehead atoms. The van der Waals surface area contributed by atoms with Gasteiger partial charge in [0.25, 0.3) is 0 Å². The molecule has 0 fully saturated rings. The molecular weight excluding hydrogens is 243 g/mol. The fraction of sp³-hybridized carbons (Fsp3) is 0.267. The van der Waals surface area contributed by atoms with E-state index < -0.39 is 0 Å². The van der Waals surface area contributed by atoms with Crippen molar-refractivity contribution in [3.63, 3.8) is 0 Å². The molecule has 0 atom stereocenters. The lowest BCUT2D eigenvalue weighted by Crippen LogP contribution is -2.14. The average molecular weight is 260 g/mol. The normalized spacial score (nSPS) is 10.5. The standard InChI is InChI=1S/C15H17FN2O/c1-11-7-15(19-2)8-14(18-11)10-17-9-12-3-5-13(16)6-4-12/h3-8,17H,9-10H2,1-2H3. The van der Waals surface area contributed by atoms with Crippen LogP contribution in [0.2, 0.25) is 0 Å². The third-order valence-corrected chi connectivity index (χ3v) is 2.76. The zero-order valence-corrected chi connectivity index (χ0v) is 11.1. The summed E-state index contributed by atoms with van der Waals surface area (Å²) in [7, 11) is 1.64. The van der Waals surface area contributed by atoms with Crippen molar-refractivity contribution in [3.05, 3.63) is 59.2 Å². The first-order valence-corrected chi connectivity index (χ1v) is 6.14. The molecular formula is C15H17FN2O. The van der Waals surface area contributed by atoms with Gasteiger partial charge in [-0.2, -0.15) is 0 Å². The summed E-state index contributed by atoms with van der Waals surface area (Å²) in [5.41, 5.74) is 2.90. The molecule has 1 N–H and O–H groups in total. The van der Waals surface area contributed by atoms with Gasteiger partial charge in [0.05, 0.1) is 12.8 Å². The lowest BCUT2D eigenvalue weighted by Gasteiger charge is -2.07. The second kappa shape index (κ2) is 6.29. The van der Waals surface area contributed by atoms with Gasteiger partial charge in [-0.3, -0.25) is 4.98 Å². The third-order valence-electron chi connectivity index (χ3n) is 2.76. The Hall–Kier alpha value is -1.94. The number of nitrogens with one attached hydrogen (secondary N) is 1. The van der Waals surface area contributed by atoms with Gasteiger partial charge < -0.3 is 10.1 Å². The second-order valence-corrected chi connectivity index (χ2v) is 4.37. The Kier molecular flexibility index (Phi) is 4.47. The Bertz CT molecular complexity index is 540. The zero-order valence-electron chi connectivity index (χ0n) is 11.1. The van der Waals surface area contributed by atoms with Crippen molar-refractivity contribution in [3.8, 4) is 5.75 Å². The Balaban J connectivity index is 1.92. The van der Waals surface area contributed by atoms with E-state index in [2.05, 4.69) is 10.3 Å². The molecule has 1 aromatic carbocycles. The molecule has 0 unspecified atom stereocenters. The first-order valence-electron chi connectivity index (χ1n) is 6.14. The van der Waals surface area contributed by atoms with E-state index in [0.717, 1.165) is 22.7 Å². The highest BCUT2D eigenvalue weighted by atomic mass is 19.1. The van der Waals surface area contributed by atoms with E-state index in [9.17, 15) is 4.39 Å². The van der Waals surface area contributed by atoms with Gasteiger partial charge in [0, 0.05) is 30.9 Å². The van der Waals surface area contributed by atoms with Crippen LogP contribution in [-0.4, -0.2) is 12.1 Å². The van der Waals surface area contributed by atoms with E-state index in [1.807, 2.05) is 19.1 Å². The molecule has 2 aromatic rings. The molecule has 3 nitrogen and oxygen atoms in total. The molecule has 19 heavy (non-hydrogen) atoms. The minimum Gasteiger partial charge on any atom is -0.497 e. The third kappa shape index (κ3) is 4.03. The van der Waals surface area contributed by atoms with Crippen LogP contribution in [0.3, 0.4) is 0 Å². The summed E-state index contributed by atoms with van der Waals surface area (Å²) in [5, 5.41) is 3.28. The van der Waals surface area contributed by atoms with E-state index in [1.54, 1.807) is 19.2 Å². The van der Waals surface area contributed by atoms with Gasteiger partial charge in [0.2, 0.25) is 0 Å². The predicted molar refractivity (Wildman–Crippen MR) is 72.5 cm³/mol. The van der Waals surface area contributed by atoms with Crippen molar-refractivity contribution in [2.75, 3.05) is 7.11 Å². The quantitative estimate of drug-likeness (QED) is 0.897. The highest BCUT2D eigenvalue weighted by molar-refractivity contribution is 5.26. The first kappa shape index (κ1) is 13.5. The Morgan fingerprint density at radius 3 is 2.58 bits per heavy atom. The number of rotatable bonds is 5. The molecule has 0 amide bonds. The van der Waals surface area contributed by atoms with Gasteiger partial charge in [-0.05, 0) is 24.6 Å². The molecule has 0 radical (unpaired) electrons. The fourth-order valence-electron chi connectivity index (χ4n) is 1.85. The minimum absolute atomic E-state index is 0.214. The maximum absolute atomic E-state index is 12.8. The van der Waals surface area contributed by atoms with E-state index in [-0.39, 0.29) is 5.82 Å². The van der Waals surface area contributed by atoms with E-state index in [0.29, 0.717) is 13.1 Å². The minimum atomic E-state index is -0.214. The predicted octanol–water partition coefficient (Wildman–Crippen LogP) is 2.83. The van der Waals surface area contributed by atoms with Crippen LogP contribution in [0.15, 0.2) is 36.4 Å². The van der Waals surface area contributed by atoms with Crippen molar-refractivity contribution >= 4 is 0 Å². The number of aryl methyl sites for hydroxylation is 1. The first-order chi connectivity index (χ1) is 9.17. The van der Waals surface area contributed by atoms with Crippen LogP contribution in [-0.2, 0) is 13.1 Å². The Morgan fingerprint density at radius 2 is 1.89 bits per heavy atom. The van der Waals surface area contributed by atoms with Crippen molar-refractivity contribution < 1.29 is 9.13 Å². The monoisotopic (exact) mass is 260 g/mol. The summed E-state index contributed by atoms with van der Waals surface area (Å²) in [6, 6.07) is 10.3. The smallest absolute Gasteiger partial charge is 0.123 e. The maximum Gasteiger partial charge on any atom is 0.123 e. The van der Waals surface area contributed by atoms with Crippen molar-refractivity contribution in [1.29, 1.82) is 0 Å². The van der Waals surface area contributed by atoms with Gasteiger partial charge >= 0.3 is 0 Å². The highest BCUT2D eigenvalue weighted by Gasteiger charge is 2.00. The summed E-state index contributed by atoms with van der Waals surface area (Å²) in [6.45, 7) is 3.26. The lowest BCUT2D eigenvalue weighted by atomic mass is 10.2.